The molecule has 0 atom stereocenters. The molecule has 0 unspecified atom stereocenters. The molecule has 0 heterocycles. The maximum Gasteiger partial charge on any atom is 0.312 e. The Hall–Kier alpha value is -0.570. The lowest BCUT2D eigenvalue weighted by Gasteiger charge is -2.35. The maximum absolute atomic E-state index is 11.6. The van der Waals surface area contributed by atoms with Crippen molar-refractivity contribution in [1.29, 1.82) is 0 Å². The van der Waals surface area contributed by atoms with Gasteiger partial charge in [-0.05, 0) is 33.1 Å². The Kier molecular flexibility index (Phi) is 6.01. The van der Waals surface area contributed by atoms with E-state index in [1.54, 1.807) is 0 Å². The first-order valence-corrected chi connectivity index (χ1v) is 6.21. The molecule has 0 amide bonds. The Bertz CT molecular complexity index is 212. The molecule has 0 aliphatic rings. The topological polar surface area (TPSA) is 38.3 Å². The van der Waals surface area contributed by atoms with Crippen LogP contribution in [0.5, 0.6) is 0 Å². The quantitative estimate of drug-likeness (QED) is 0.682. The highest BCUT2D eigenvalue weighted by Crippen LogP contribution is 2.23. The third kappa shape index (κ3) is 3.78. The zero-order chi connectivity index (χ0) is 12.8. The van der Waals surface area contributed by atoms with Crippen molar-refractivity contribution in [3.63, 3.8) is 0 Å². The Morgan fingerprint density at radius 2 is 1.56 bits per heavy atom. The number of carbonyl (C=O) groups excluding carboxylic acids is 1. The number of methoxy groups -OCH3 is 1. The summed E-state index contributed by atoms with van der Waals surface area (Å²) in [5.74, 6) is -0.155. The van der Waals surface area contributed by atoms with Gasteiger partial charge < -0.3 is 10.1 Å². The van der Waals surface area contributed by atoms with Crippen LogP contribution in [0, 0.1) is 5.41 Å². The summed E-state index contributed by atoms with van der Waals surface area (Å²) in [6.07, 6.45) is 3.24. The summed E-state index contributed by atoms with van der Waals surface area (Å²) in [5, 5.41) is 3.54. The van der Waals surface area contributed by atoms with E-state index in [0.717, 1.165) is 19.3 Å². The summed E-state index contributed by atoms with van der Waals surface area (Å²) >= 11 is 0. The molecule has 0 rings (SSSR count). The third-order valence-corrected chi connectivity index (χ3v) is 3.67. The first-order valence-electron chi connectivity index (χ1n) is 6.21. The molecule has 16 heavy (non-hydrogen) atoms. The van der Waals surface area contributed by atoms with Crippen molar-refractivity contribution < 1.29 is 9.53 Å². The van der Waals surface area contributed by atoms with E-state index in [0.29, 0.717) is 6.54 Å². The molecule has 0 fully saturated rings. The number of ether oxygens (including phenoxy) is 1. The molecule has 3 heteroatoms. The van der Waals surface area contributed by atoms with Gasteiger partial charge in [0.05, 0.1) is 12.5 Å². The fourth-order valence-corrected chi connectivity index (χ4v) is 1.88. The van der Waals surface area contributed by atoms with Gasteiger partial charge in [0.25, 0.3) is 0 Å². The molecule has 0 aromatic rings. The second-order valence-electron chi connectivity index (χ2n) is 5.07. The molecule has 0 aliphatic heterocycles. The van der Waals surface area contributed by atoms with E-state index in [2.05, 4.69) is 26.1 Å². The third-order valence-electron chi connectivity index (χ3n) is 3.67. The molecule has 0 aliphatic carbocycles. The van der Waals surface area contributed by atoms with Gasteiger partial charge in [0, 0.05) is 12.1 Å². The highest BCUT2D eigenvalue weighted by atomic mass is 16.5. The lowest BCUT2D eigenvalue weighted by Crippen LogP contribution is -2.49. The van der Waals surface area contributed by atoms with Gasteiger partial charge in [0.2, 0.25) is 0 Å². The van der Waals surface area contributed by atoms with Gasteiger partial charge in [-0.3, -0.25) is 4.79 Å². The predicted octanol–water partition coefficient (Wildman–Crippen LogP) is 2.74. The van der Waals surface area contributed by atoms with E-state index in [4.69, 9.17) is 4.74 Å². The summed E-state index contributed by atoms with van der Waals surface area (Å²) < 4.78 is 4.80. The second-order valence-corrected chi connectivity index (χ2v) is 5.07. The van der Waals surface area contributed by atoms with E-state index in [-0.39, 0.29) is 11.5 Å². The molecule has 0 aromatic heterocycles. The van der Waals surface area contributed by atoms with Crippen molar-refractivity contribution in [3.8, 4) is 0 Å². The number of hydrogen-bond donors (Lipinski definition) is 1. The molecule has 0 saturated carbocycles. The summed E-state index contributed by atoms with van der Waals surface area (Å²) in [4.78, 5) is 11.6. The van der Waals surface area contributed by atoms with Gasteiger partial charge in [0.1, 0.15) is 0 Å². The molecular weight excluding hydrogens is 202 g/mol. The van der Waals surface area contributed by atoms with E-state index in [1.165, 1.54) is 7.11 Å². The van der Waals surface area contributed by atoms with E-state index in [1.807, 2.05) is 13.8 Å². The summed E-state index contributed by atoms with van der Waals surface area (Å²) in [7, 11) is 1.44. The predicted molar refractivity (Wildman–Crippen MR) is 67.4 cm³/mol. The Labute approximate surface area is 99.9 Å². The van der Waals surface area contributed by atoms with Crippen molar-refractivity contribution in [2.75, 3.05) is 13.7 Å². The zero-order valence-electron chi connectivity index (χ0n) is 11.6. The Balaban J connectivity index is 4.46. The molecule has 0 radical (unpaired) electrons. The molecule has 1 N–H and O–H groups in total. The number of carbonyl (C=O) groups is 1. The first kappa shape index (κ1) is 15.4. The van der Waals surface area contributed by atoms with Crippen LogP contribution in [0.3, 0.4) is 0 Å². The molecule has 0 aromatic carbocycles. The average molecular weight is 229 g/mol. The van der Waals surface area contributed by atoms with Gasteiger partial charge in [-0.15, -0.1) is 0 Å². The number of hydrogen-bond acceptors (Lipinski definition) is 3. The lowest BCUT2D eigenvalue weighted by atomic mass is 9.86. The minimum absolute atomic E-state index is 0.155. The Morgan fingerprint density at radius 1 is 1.12 bits per heavy atom. The van der Waals surface area contributed by atoms with Crippen LogP contribution < -0.4 is 5.32 Å². The van der Waals surface area contributed by atoms with Crippen molar-refractivity contribution in [2.24, 2.45) is 5.41 Å². The molecule has 0 bridgehead atoms. The van der Waals surface area contributed by atoms with Gasteiger partial charge >= 0.3 is 5.97 Å². The minimum atomic E-state index is -0.459. The van der Waals surface area contributed by atoms with Gasteiger partial charge in [0.15, 0.2) is 0 Å². The van der Waals surface area contributed by atoms with Crippen LogP contribution in [0.2, 0.25) is 0 Å². The second kappa shape index (κ2) is 6.24. The van der Waals surface area contributed by atoms with Crippen LogP contribution in [0.25, 0.3) is 0 Å². The van der Waals surface area contributed by atoms with Crippen LogP contribution in [0.15, 0.2) is 0 Å². The van der Waals surface area contributed by atoms with Crippen LogP contribution in [-0.2, 0) is 9.53 Å². The molecule has 96 valence electrons. The van der Waals surface area contributed by atoms with Gasteiger partial charge in [-0.25, -0.2) is 0 Å². The summed E-state index contributed by atoms with van der Waals surface area (Å²) in [6.45, 7) is 11.0. The Morgan fingerprint density at radius 3 is 1.88 bits per heavy atom. The van der Waals surface area contributed by atoms with Gasteiger partial charge in [-0.1, -0.05) is 20.8 Å². The number of esters is 1. The minimum Gasteiger partial charge on any atom is -0.469 e. The van der Waals surface area contributed by atoms with Crippen LogP contribution in [0.4, 0.5) is 0 Å². The van der Waals surface area contributed by atoms with Crippen LogP contribution in [-0.4, -0.2) is 25.2 Å². The standard InChI is InChI=1S/C13H27NO2/c1-7-13(8-2,9-3)14-10-12(4,5)11(15)16-6/h14H,7-10H2,1-6H3. The molecular formula is C13H27NO2. The zero-order valence-corrected chi connectivity index (χ0v) is 11.6. The van der Waals surface area contributed by atoms with Crippen LogP contribution >= 0.6 is 0 Å². The van der Waals surface area contributed by atoms with E-state index < -0.39 is 5.41 Å². The summed E-state index contributed by atoms with van der Waals surface area (Å²) in [5.41, 5.74) is -0.301. The van der Waals surface area contributed by atoms with E-state index in [9.17, 15) is 4.79 Å². The summed E-state index contributed by atoms with van der Waals surface area (Å²) in [6, 6.07) is 0. The number of rotatable bonds is 7. The fraction of sp³-hybridized carbons (Fsp3) is 0.923. The SMILES string of the molecule is CCC(CC)(CC)NCC(C)(C)C(=O)OC. The van der Waals surface area contributed by atoms with Crippen molar-refractivity contribution in [2.45, 2.75) is 59.4 Å². The maximum atomic E-state index is 11.6. The lowest BCUT2D eigenvalue weighted by molar-refractivity contribution is -0.150. The van der Waals surface area contributed by atoms with E-state index >= 15 is 0 Å². The molecule has 0 saturated heterocycles. The van der Waals surface area contributed by atoms with Crippen molar-refractivity contribution >= 4 is 5.97 Å². The fourth-order valence-electron chi connectivity index (χ4n) is 1.88. The average Bonchev–Trinajstić information content (AvgIpc) is 2.30. The van der Waals surface area contributed by atoms with Gasteiger partial charge in [-0.2, -0.15) is 0 Å². The molecule has 0 spiro atoms. The number of nitrogens with one attached hydrogen (secondary N) is 1. The van der Waals surface area contributed by atoms with Crippen molar-refractivity contribution in [1.82, 2.24) is 5.32 Å². The largest absolute Gasteiger partial charge is 0.469 e. The monoisotopic (exact) mass is 229 g/mol. The normalized spacial score (nSPS) is 12.6. The first-order chi connectivity index (χ1) is 7.37. The van der Waals surface area contributed by atoms with Crippen LogP contribution in [0.1, 0.15) is 53.9 Å². The van der Waals surface area contributed by atoms with Crippen molar-refractivity contribution in [3.05, 3.63) is 0 Å². The highest BCUT2D eigenvalue weighted by molar-refractivity contribution is 5.76. The smallest absolute Gasteiger partial charge is 0.312 e. The highest BCUT2D eigenvalue weighted by Gasteiger charge is 2.32. The molecule has 3 nitrogen and oxygen atoms in total.